The van der Waals surface area contributed by atoms with Crippen LogP contribution in [-0.4, -0.2) is 22.8 Å². The molecule has 0 amide bonds. The number of alkyl halides is 2. The van der Waals surface area contributed by atoms with Gasteiger partial charge in [-0.25, -0.2) is 4.98 Å². The smallest absolute Gasteiger partial charge is 0.288 e. The van der Waals surface area contributed by atoms with E-state index in [1.165, 1.54) is 0 Å². The average molecular weight is 296 g/mol. The van der Waals surface area contributed by atoms with E-state index in [9.17, 15) is 8.78 Å². The van der Waals surface area contributed by atoms with E-state index in [1.807, 2.05) is 6.92 Å². The minimum atomic E-state index is -2.46. The molecule has 0 atom stereocenters. The number of aromatic nitrogens is 2. The van der Waals surface area contributed by atoms with E-state index in [0.29, 0.717) is 34.1 Å². The van der Waals surface area contributed by atoms with E-state index in [-0.39, 0.29) is 0 Å². The maximum atomic E-state index is 12.5. The van der Waals surface area contributed by atoms with Crippen LogP contribution in [0.25, 0.3) is 0 Å². The number of hydrogen-bond acceptors (Lipinski definition) is 5. The summed E-state index contributed by atoms with van der Waals surface area (Å²) in [5.74, 6) is -1.42. The van der Waals surface area contributed by atoms with Crippen LogP contribution in [0.1, 0.15) is 5.69 Å². The van der Waals surface area contributed by atoms with Crippen molar-refractivity contribution in [2.75, 3.05) is 17.7 Å². The Balaban J connectivity index is 2.27. The topological polar surface area (TPSA) is 49.8 Å². The maximum absolute atomic E-state index is 12.5. The number of anilines is 3. The van der Waals surface area contributed by atoms with Gasteiger partial charge in [-0.2, -0.15) is 13.8 Å². The van der Waals surface area contributed by atoms with Gasteiger partial charge in [-0.1, -0.05) is 23.9 Å². The first-order valence-electron chi connectivity index (χ1n) is 5.93. The van der Waals surface area contributed by atoms with Crippen LogP contribution in [0.3, 0.4) is 0 Å². The van der Waals surface area contributed by atoms with Crippen LogP contribution in [-0.2, 0) is 0 Å². The molecule has 1 heterocycles. The molecule has 0 bridgehead atoms. The van der Waals surface area contributed by atoms with Crippen molar-refractivity contribution in [3.05, 3.63) is 36.0 Å². The fraction of sp³-hybridized carbons (Fsp3) is 0.231. The molecule has 0 aliphatic heterocycles. The molecule has 1 aromatic carbocycles. The third kappa shape index (κ3) is 3.80. The van der Waals surface area contributed by atoms with Crippen molar-refractivity contribution < 1.29 is 8.78 Å². The Bertz CT molecular complexity index is 592. The van der Waals surface area contributed by atoms with Gasteiger partial charge in [0.15, 0.2) is 0 Å². The van der Waals surface area contributed by atoms with Gasteiger partial charge in [0, 0.05) is 23.7 Å². The quantitative estimate of drug-likeness (QED) is 0.820. The van der Waals surface area contributed by atoms with Crippen molar-refractivity contribution in [3.63, 3.8) is 0 Å². The van der Waals surface area contributed by atoms with E-state index in [4.69, 9.17) is 0 Å². The summed E-state index contributed by atoms with van der Waals surface area (Å²) in [6.45, 7) is 1.84. The van der Waals surface area contributed by atoms with Gasteiger partial charge in [0.25, 0.3) is 5.76 Å². The molecule has 7 heteroatoms. The van der Waals surface area contributed by atoms with Crippen molar-refractivity contribution in [3.8, 4) is 0 Å². The Morgan fingerprint density at radius 2 is 1.95 bits per heavy atom. The molecule has 0 spiro atoms. The monoisotopic (exact) mass is 296 g/mol. The molecule has 1 aromatic heterocycles. The molecule has 0 fully saturated rings. The summed E-state index contributed by atoms with van der Waals surface area (Å²) in [7, 11) is 1.72. The van der Waals surface area contributed by atoms with Crippen LogP contribution in [0.5, 0.6) is 0 Å². The van der Waals surface area contributed by atoms with Crippen molar-refractivity contribution in [2.24, 2.45) is 0 Å². The summed E-state index contributed by atoms with van der Waals surface area (Å²) in [5.41, 5.74) is 1.38. The molecule has 0 aliphatic rings. The molecule has 2 rings (SSSR count). The third-order valence-electron chi connectivity index (χ3n) is 2.44. The lowest BCUT2D eigenvalue weighted by atomic mass is 10.3. The Kier molecular flexibility index (Phi) is 4.73. The van der Waals surface area contributed by atoms with Crippen LogP contribution in [0.4, 0.5) is 26.2 Å². The predicted molar refractivity (Wildman–Crippen MR) is 77.9 cm³/mol. The Labute approximate surface area is 120 Å². The largest absolute Gasteiger partial charge is 0.357 e. The fourth-order valence-electron chi connectivity index (χ4n) is 1.65. The summed E-state index contributed by atoms with van der Waals surface area (Å²) >= 11 is 0.504. The molecule has 0 saturated heterocycles. The molecule has 106 valence electrons. The number of para-hydroxylation sites is 1. The summed E-state index contributed by atoms with van der Waals surface area (Å²) in [6, 6.07) is 8.64. The van der Waals surface area contributed by atoms with Crippen LogP contribution in [0.2, 0.25) is 0 Å². The molecule has 20 heavy (non-hydrogen) atoms. The Hall–Kier alpha value is -1.89. The first-order valence-corrected chi connectivity index (χ1v) is 6.81. The van der Waals surface area contributed by atoms with Crippen molar-refractivity contribution >= 4 is 29.2 Å². The molecule has 0 aliphatic carbocycles. The van der Waals surface area contributed by atoms with Gasteiger partial charge in [0.2, 0.25) is 5.95 Å². The SMILES string of the molecule is CNc1nc(C)cc(Nc2ccccc2SC(F)F)n1. The maximum Gasteiger partial charge on any atom is 0.288 e. The second-order valence-electron chi connectivity index (χ2n) is 3.97. The molecule has 0 radical (unpaired) electrons. The van der Waals surface area contributed by atoms with Gasteiger partial charge in [-0.3, -0.25) is 0 Å². The number of benzene rings is 1. The molecule has 0 unspecified atom stereocenters. The van der Waals surface area contributed by atoms with Crippen molar-refractivity contribution in [2.45, 2.75) is 17.6 Å². The number of hydrogen-bond donors (Lipinski definition) is 2. The van der Waals surface area contributed by atoms with E-state index >= 15 is 0 Å². The highest BCUT2D eigenvalue weighted by Gasteiger charge is 2.10. The van der Waals surface area contributed by atoms with Gasteiger partial charge in [0.05, 0.1) is 5.69 Å². The van der Waals surface area contributed by atoms with E-state index in [2.05, 4.69) is 20.6 Å². The lowest BCUT2D eigenvalue weighted by Gasteiger charge is -2.12. The van der Waals surface area contributed by atoms with Crippen LogP contribution in [0, 0.1) is 6.92 Å². The summed E-state index contributed by atoms with van der Waals surface area (Å²) < 4.78 is 25.0. The highest BCUT2D eigenvalue weighted by atomic mass is 32.2. The predicted octanol–water partition coefficient (Wildman–Crippen LogP) is 3.89. The minimum absolute atomic E-state index is 0.477. The molecular weight excluding hydrogens is 282 g/mol. The first kappa shape index (κ1) is 14.5. The van der Waals surface area contributed by atoms with Crippen molar-refractivity contribution in [1.29, 1.82) is 0 Å². The summed E-state index contributed by atoms with van der Waals surface area (Å²) in [6.07, 6.45) is 0. The second-order valence-corrected chi connectivity index (χ2v) is 5.00. The number of aryl methyl sites for hydroxylation is 1. The summed E-state index contributed by atoms with van der Waals surface area (Å²) in [5, 5.41) is 5.90. The molecule has 0 saturated carbocycles. The molecule has 2 aromatic rings. The van der Waals surface area contributed by atoms with E-state index in [1.54, 1.807) is 37.4 Å². The second kappa shape index (κ2) is 6.51. The zero-order chi connectivity index (χ0) is 14.5. The number of nitrogens with one attached hydrogen (secondary N) is 2. The number of rotatable bonds is 5. The lowest BCUT2D eigenvalue weighted by molar-refractivity contribution is 0.252. The van der Waals surface area contributed by atoms with E-state index in [0.717, 1.165) is 5.69 Å². The highest BCUT2D eigenvalue weighted by molar-refractivity contribution is 7.99. The minimum Gasteiger partial charge on any atom is -0.357 e. The molecule has 4 nitrogen and oxygen atoms in total. The fourth-order valence-corrected chi connectivity index (χ4v) is 2.25. The Morgan fingerprint density at radius 1 is 1.20 bits per heavy atom. The van der Waals surface area contributed by atoms with Crippen molar-refractivity contribution in [1.82, 2.24) is 9.97 Å². The zero-order valence-corrected chi connectivity index (χ0v) is 11.8. The third-order valence-corrected chi connectivity index (χ3v) is 3.23. The number of nitrogens with zero attached hydrogens (tertiary/aromatic N) is 2. The molecule has 2 N–H and O–H groups in total. The molecular formula is C13H14F2N4S. The Morgan fingerprint density at radius 3 is 2.65 bits per heavy atom. The number of thioether (sulfide) groups is 1. The number of halogens is 2. The van der Waals surface area contributed by atoms with Gasteiger partial charge >= 0.3 is 0 Å². The van der Waals surface area contributed by atoms with E-state index < -0.39 is 5.76 Å². The summed E-state index contributed by atoms with van der Waals surface area (Å²) in [4.78, 5) is 8.89. The lowest BCUT2D eigenvalue weighted by Crippen LogP contribution is -2.02. The normalized spacial score (nSPS) is 10.7. The van der Waals surface area contributed by atoms with Crippen LogP contribution in [0.15, 0.2) is 35.2 Å². The average Bonchev–Trinajstić information content (AvgIpc) is 2.39. The van der Waals surface area contributed by atoms with Crippen LogP contribution < -0.4 is 10.6 Å². The van der Waals surface area contributed by atoms with Crippen LogP contribution >= 0.6 is 11.8 Å². The zero-order valence-electron chi connectivity index (χ0n) is 11.0. The highest BCUT2D eigenvalue weighted by Crippen LogP contribution is 2.33. The van der Waals surface area contributed by atoms with Gasteiger partial charge in [0.1, 0.15) is 5.82 Å². The first-order chi connectivity index (χ1) is 9.58. The van der Waals surface area contributed by atoms with Gasteiger partial charge < -0.3 is 10.6 Å². The van der Waals surface area contributed by atoms with Gasteiger partial charge in [-0.15, -0.1) is 0 Å². The van der Waals surface area contributed by atoms with Gasteiger partial charge in [-0.05, 0) is 19.1 Å². The standard InChI is InChI=1S/C13H14F2N4S/c1-8-7-11(19-13(16-2)17-8)18-9-5-3-4-6-10(9)20-12(14)15/h3-7,12H,1-2H3,(H2,16,17,18,19).